The number of fused-ring (bicyclic) bond motifs is 1. The van der Waals surface area contributed by atoms with Crippen LogP contribution in [0.4, 0.5) is 5.69 Å². The topological polar surface area (TPSA) is 87.7 Å². The zero-order valence-electron chi connectivity index (χ0n) is 22.7. The molecule has 6 rings (SSSR count). The molecule has 2 bridgehead atoms. The molecular weight excluding hydrogens is 478 g/mol. The number of amides is 3. The first kappa shape index (κ1) is 25.6. The fourth-order valence-corrected chi connectivity index (χ4v) is 7.88. The van der Waals surface area contributed by atoms with Gasteiger partial charge in [0.1, 0.15) is 11.6 Å². The number of nitrogens with zero attached hydrogens (tertiary/aromatic N) is 1. The van der Waals surface area contributed by atoms with E-state index in [1.54, 1.807) is 0 Å². The maximum Gasteiger partial charge on any atom is 0.246 e. The van der Waals surface area contributed by atoms with E-state index in [2.05, 4.69) is 17.6 Å². The Labute approximate surface area is 225 Å². The van der Waals surface area contributed by atoms with Gasteiger partial charge in [0.25, 0.3) is 0 Å². The Morgan fingerprint density at radius 2 is 1.74 bits per heavy atom. The van der Waals surface area contributed by atoms with Crippen LogP contribution in [0.5, 0.6) is 0 Å². The van der Waals surface area contributed by atoms with Gasteiger partial charge in [-0.25, -0.2) is 0 Å². The number of benzene rings is 1. The van der Waals surface area contributed by atoms with E-state index in [9.17, 15) is 14.4 Å². The summed E-state index contributed by atoms with van der Waals surface area (Å²) in [5.41, 5.74) is 0.668. The third-order valence-electron chi connectivity index (χ3n) is 9.81. The Bertz CT molecular complexity index is 1130. The minimum Gasteiger partial charge on any atom is -0.359 e. The summed E-state index contributed by atoms with van der Waals surface area (Å²) in [4.78, 5) is 44.0. The molecule has 0 radical (unpaired) electrons. The number of nitrogens with one attached hydrogen (secondary N) is 2. The van der Waals surface area contributed by atoms with Crippen LogP contribution in [-0.4, -0.2) is 52.5 Å². The normalized spacial score (nSPS) is 36.7. The van der Waals surface area contributed by atoms with E-state index in [0.29, 0.717) is 11.6 Å². The van der Waals surface area contributed by atoms with Crippen molar-refractivity contribution in [3.8, 4) is 0 Å². The highest BCUT2D eigenvalue weighted by Gasteiger charge is 2.73. The number of aryl methyl sites for hydroxylation is 1. The second kappa shape index (κ2) is 10.1. The van der Waals surface area contributed by atoms with E-state index in [-0.39, 0.29) is 29.8 Å². The van der Waals surface area contributed by atoms with Crippen LogP contribution < -0.4 is 10.6 Å². The van der Waals surface area contributed by atoms with E-state index < -0.39 is 29.6 Å². The van der Waals surface area contributed by atoms with Gasteiger partial charge in [0.15, 0.2) is 0 Å². The molecule has 0 aromatic heterocycles. The van der Waals surface area contributed by atoms with E-state index in [4.69, 9.17) is 4.74 Å². The van der Waals surface area contributed by atoms with Crippen molar-refractivity contribution in [1.29, 1.82) is 0 Å². The molecule has 5 aliphatic rings. The smallest absolute Gasteiger partial charge is 0.246 e. The maximum absolute atomic E-state index is 14.3. The Hall–Kier alpha value is -2.67. The summed E-state index contributed by atoms with van der Waals surface area (Å²) in [7, 11) is 0. The minimum atomic E-state index is -1.09. The monoisotopic (exact) mass is 519 g/mol. The van der Waals surface area contributed by atoms with Crippen molar-refractivity contribution in [1.82, 2.24) is 10.2 Å². The van der Waals surface area contributed by atoms with Crippen molar-refractivity contribution in [2.24, 2.45) is 17.8 Å². The van der Waals surface area contributed by atoms with Crippen LogP contribution in [-0.2, 0) is 19.1 Å². The average molecular weight is 520 g/mol. The van der Waals surface area contributed by atoms with Crippen molar-refractivity contribution >= 4 is 23.4 Å². The highest BCUT2D eigenvalue weighted by molar-refractivity contribution is 6.03. The summed E-state index contributed by atoms with van der Waals surface area (Å²) in [6, 6.07) is 7.05. The highest BCUT2D eigenvalue weighted by Crippen LogP contribution is 2.56. The van der Waals surface area contributed by atoms with Crippen LogP contribution in [0.2, 0.25) is 0 Å². The van der Waals surface area contributed by atoms with Crippen molar-refractivity contribution in [2.45, 2.75) is 108 Å². The molecule has 2 N–H and O–H groups in total. The van der Waals surface area contributed by atoms with Gasteiger partial charge in [-0.15, -0.1) is 0 Å². The first-order valence-electron chi connectivity index (χ1n) is 14.8. The van der Waals surface area contributed by atoms with Gasteiger partial charge in [-0.3, -0.25) is 14.4 Å². The fourth-order valence-electron chi connectivity index (χ4n) is 7.88. The van der Waals surface area contributed by atoms with Crippen LogP contribution in [0.25, 0.3) is 0 Å². The zero-order chi connectivity index (χ0) is 26.4. The number of ether oxygens (including phenoxy) is 1. The van der Waals surface area contributed by atoms with Crippen LogP contribution in [0.1, 0.15) is 76.7 Å². The second-order valence-electron chi connectivity index (χ2n) is 12.3. The molecule has 1 aromatic carbocycles. The van der Waals surface area contributed by atoms with Crippen molar-refractivity contribution in [3.63, 3.8) is 0 Å². The summed E-state index contributed by atoms with van der Waals surface area (Å²) < 4.78 is 6.56. The van der Waals surface area contributed by atoms with Crippen LogP contribution >= 0.6 is 0 Å². The Kier molecular flexibility index (Phi) is 6.83. The molecule has 2 saturated carbocycles. The third kappa shape index (κ3) is 4.27. The van der Waals surface area contributed by atoms with Crippen molar-refractivity contribution in [3.05, 3.63) is 42.0 Å². The zero-order valence-corrected chi connectivity index (χ0v) is 22.7. The molecule has 7 atom stereocenters. The Morgan fingerprint density at radius 3 is 2.47 bits per heavy atom. The van der Waals surface area contributed by atoms with E-state index in [0.717, 1.165) is 63.4 Å². The van der Waals surface area contributed by atoms with Gasteiger partial charge in [-0.1, -0.05) is 69.7 Å². The SMILES string of the molecule is Cc1cccc(NC(=O)[C@H]2[C@H]3C=C[C@@]4(O3)[C@H]2C(=O)N(C2CCCCCC2)[C@@H]4C(=O)N[C@H]2CCCC[C@H]2C)c1. The summed E-state index contributed by atoms with van der Waals surface area (Å²) in [5.74, 6) is -1.36. The minimum absolute atomic E-state index is 0.000962. The molecular formula is C31H41N3O4. The lowest BCUT2D eigenvalue weighted by Gasteiger charge is -2.38. The third-order valence-corrected chi connectivity index (χ3v) is 9.81. The summed E-state index contributed by atoms with van der Waals surface area (Å²) in [6.07, 6.45) is 13.9. The Morgan fingerprint density at radius 1 is 1.00 bits per heavy atom. The van der Waals surface area contributed by atoms with Gasteiger partial charge in [0.05, 0.1) is 17.9 Å². The number of rotatable bonds is 5. The lowest BCUT2D eigenvalue weighted by Crippen LogP contribution is -2.59. The lowest BCUT2D eigenvalue weighted by atomic mass is 9.74. The second-order valence-corrected chi connectivity index (χ2v) is 12.3. The quantitative estimate of drug-likeness (QED) is 0.443. The van der Waals surface area contributed by atoms with Crippen LogP contribution in [0, 0.1) is 24.7 Å². The molecule has 3 aliphatic heterocycles. The molecule has 1 aromatic rings. The van der Waals surface area contributed by atoms with E-state index in [1.165, 1.54) is 6.42 Å². The van der Waals surface area contributed by atoms with Gasteiger partial charge < -0.3 is 20.3 Å². The number of anilines is 1. The van der Waals surface area contributed by atoms with Gasteiger partial charge >= 0.3 is 0 Å². The van der Waals surface area contributed by atoms with Crippen molar-refractivity contribution < 1.29 is 19.1 Å². The summed E-state index contributed by atoms with van der Waals surface area (Å²) in [6.45, 7) is 4.19. The lowest BCUT2D eigenvalue weighted by molar-refractivity contribution is -0.144. The molecule has 3 heterocycles. The molecule has 2 aliphatic carbocycles. The molecule has 2 saturated heterocycles. The predicted octanol–water partition coefficient (Wildman–Crippen LogP) is 4.50. The van der Waals surface area contributed by atoms with Crippen LogP contribution in [0.15, 0.2) is 36.4 Å². The molecule has 204 valence electrons. The number of hydrogen-bond acceptors (Lipinski definition) is 4. The highest BCUT2D eigenvalue weighted by atomic mass is 16.5. The number of carbonyl (C=O) groups excluding carboxylic acids is 3. The number of likely N-dealkylation sites (tertiary alicyclic amines) is 1. The van der Waals surface area contributed by atoms with Crippen LogP contribution in [0.3, 0.4) is 0 Å². The van der Waals surface area contributed by atoms with Gasteiger partial charge in [0.2, 0.25) is 17.7 Å². The van der Waals surface area contributed by atoms with Gasteiger partial charge in [-0.2, -0.15) is 0 Å². The van der Waals surface area contributed by atoms with Gasteiger partial charge in [-0.05, 0) is 56.2 Å². The first-order chi connectivity index (χ1) is 18.4. The van der Waals surface area contributed by atoms with Gasteiger partial charge in [0, 0.05) is 17.8 Å². The maximum atomic E-state index is 14.3. The van der Waals surface area contributed by atoms with E-state index >= 15 is 0 Å². The molecule has 7 heteroatoms. The standard InChI is InChI=1S/C31H41N3O4/c1-19-10-9-12-21(18-19)32-28(35)25-24-16-17-31(38-24)26(25)30(37)34(22-13-5-3-4-6-14-22)27(31)29(36)33-23-15-8-7-11-20(23)2/h9-10,12,16-18,20,22-27H,3-8,11,13-15H2,1-2H3,(H,32,35)(H,33,36)/t20-,23+,24-,25+,26-,27-,31-/m1/s1. The summed E-state index contributed by atoms with van der Waals surface area (Å²) in [5, 5.41) is 6.38. The first-order valence-corrected chi connectivity index (χ1v) is 14.8. The molecule has 4 fully saturated rings. The molecule has 1 spiro atoms. The van der Waals surface area contributed by atoms with E-state index in [1.807, 2.05) is 48.2 Å². The largest absolute Gasteiger partial charge is 0.359 e. The summed E-state index contributed by atoms with van der Waals surface area (Å²) >= 11 is 0. The molecule has 7 nitrogen and oxygen atoms in total. The Balaban J connectivity index is 1.33. The molecule has 3 amide bonds. The average Bonchev–Trinajstić information content (AvgIpc) is 3.44. The van der Waals surface area contributed by atoms with Crippen molar-refractivity contribution in [2.75, 3.05) is 5.32 Å². The fraction of sp³-hybridized carbons (Fsp3) is 0.645. The molecule has 0 unspecified atom stereocenters. The molecule has 38 heavy (non-hydrogen) atoms. The number of hydrogen-bond donors (Lipinski definition) is 2. The number of carbonyl (C=O) groups is 3. The predicted molar refractivity (Wildman–Crippen MR) is 145 cm³/mol.